The predicted octanol–water partition coefficient (Wildman–Crippen LogP) is 1.30. The maximum Gasteiger partial charge on any atom is 0.314 e. The van der Waals surface area contributed by atoms with Crippen molar-refractivity contribution in [3.8, 4) is 0 Å². The molecule has 0 spiro atoms. The number of carbonyl (C=O) groups excluding carboxylic acids is 1. The standard InChI is InChI=1S/C17H25N5O2/c1-13(2)22-12-20-21-16(22)8-9-18-17(24)19-11-15(23)10-14-6-4-3-5-7-14/h3-7,12-13,15,23H,8-11H2,1-2H3,(H2,18,19,24). The summed E-state index contributed by atoms with van der Waals surface area (Å²) >= 11 is 0. The molecule has 1 heterocycles. The molecule has 0 radical (unpaired) electrons. The molecule has 0 saturated carbocycles. The number of urea groups is 1. The van der Waals surface area contributed by atoms with Gasteiger partial charge in [0.1, 0.15) is 12.2 Å². The Morgan fingerprint density at radius 1 is 1.25 bits per heavy atom. The van der Waals surface area contributed by atoms with Crippen LogP contribution in [0.3, 0.4) is 0 Å². The van der Waals surface area contributed by atoms with Gasteiger partial charge < -0.3 is 20.3 Å². The molecular weight excluding hydrogens is 306 g/mol. The van der Waals surface area contributed by atoms with E-state index in [0.717, 1.165) is 11.4 Å². The zero-order valence-corrected chi connectivity index (χ0v) is 14.1. The van der Waals surface area contributed by atoms with Crippen LogP contribution in [-0.4, -0.2) is 45.1 Å². The second-order valence-corrected chi connectivity index (χ2v) is 5.98. The van der Waals surface area contributed by atoms with Gasteiger partial charge >= 0.3 is 6.03 Å². The van der Waals surface area contributed by atoms with Crippen LogP contribution in [0, 0.1) is 0 Å². The van der Waals surface area contributed by atoms with Crippen molar-refractivity contribution >= 4 is 6.03 Å². The molecule has 7 nitrogen and oxygen atoms in total. The van der Waals surface area contributed by atoms with Gasteiger partial charge in [0.2, 0.25) is 0 Å². The van der Waals surface area contributed by atoms with Crippen LogP contribution >= 0.6 is 0 Å². The quantitative estimate of drug-likeness (QED) is 0.680. The van der Waals surface area contributed by atoms with Gasteiger partial charge in [-0.1, -0.05) is 30.3 Å². The molecule has 1 atom stereocenters. The Hall–Kier alpha value is -2.41. The third-order valence-electron chi connectivity index (χ3n) is 3.65. The molecule has 1 aromatic carbocycles. The van der Waals surface area contributed by atoms with Gasteiger partial charge in [0.15, 0.2) is 0 Å². The number of hydrogen-bond donors (Lipinski definition) is 3. The zero-order chi connectivity index (χ0) is 17.4. The van der Waals surface area contributed by atoms with Crippen molar-refractivity contribution in [3.05, 3.63) is 48.0 Å². The number of nitrogens with zero attached hydrogens (tertiary/aromatic N) is 3. The number of carbonyl (C=O) groups is 1. The van der Waals surface area contributed by atoms with E-state index in [9.17, 15) is 9.90 Å². The number of nitrogens with one attached hydrogen (secondary N) is 2. The van der Waals surface area contributed by atoms with Crippen molar-refractivity contribution in [2.75, 3.05) is 13.1 Å². The summed E-state index contributed by atoms with van der Waals surface area (Å²) in [6.45, 7) is 4.79. The number of rotatable bonds is 8. The van der Waals surface area contributed by atoms with Gasteiger partial charge in [-0.2, -0.15) is 0 Å². The lowest BCUT2D eigenvalue weighted by Gasteiger charge is -2.13. The first-order valence-corrected chi connectivity index (χ1v) is 8.18. The van der Waals surface area contributed by atoms with E-state index < -0.39 is 6.10 Å². The lowest BCUT2D eigenvalue weighted by atomic mass is 10.1. The van der Waals surface area contributed by atoms with Crippen LogP contribution in [0.5, 0.6) is 0 Å². The minimum absolute atomic E-state index is 0.211. The first-order valence-electron chi connectivity index (χ1n) is 8.18. The van der Waals surface area contributed by atoms with E-state index >= 15 is 0 Å². The van der Waals surface area contributed by atoms with E-state index in [-0.39, 0.29) is 18.6 Å². The van der Waals surface area contributed by atoms with Crippen LogP contribution in [0.25, 0.3) is 0 Å². The Morgan fingerprint density at radius 3 is 2.71 bits per heavy atom. The highest BCUT2D eigenvalue weighted by Gasteiger charge is 2.09. The van der Waals surface area contributed by atoms with E-state index in [4.69, 9.17) is 0 Å². The van der Waals surface area contributed by atoms with Gasteiger partial charge in [-0.15, -0.1) is 10.2 Å². The lowest BCUT2D eigenvalue weighted by Crippen LogP contribution is -2.41. The maximum absolute atomic E-state index is 11.8. The van der Waals surface area contributed by atoms with Crippen LogP contribution in [0.2, 0.25) is 0 Å². The summed E-state index contributed by atoms with van der Waals surface area (Å²) in [4.78, 5) is 11.8. The molecule has 0 aliphatic heterocycles. The summed E-state index contributed by atoms with van der Waals surface area (Å²) in [6.07, 6.45) is 2.21. The summed E-state index contributed by atoms with van der Waals surface area (Å²) in [6, 6.07) is 9.69. The normalized spacial score (nSPS) is 12.2. The first kappa shape index (κ1) is 17.9. The van der Waals surface area contributed by atoms with E-state index in [1.54, 1.807) is 6.33 Å². The molecule has 0 fully saturated rings. The van der Waals surface area contributed by atoms with E-state index in [0.29, 0.717) is 19.4 Å². The summed E-state index contributed by atoms with van der Waals surface area (Å²) in [5.41, 5.74) is 1.04. The van der Waals surface area contributed by atoms with E-state index in [1.165, 1.54) is 0 Å². The SMILES string of the molecule is CC(C)n1cnnc1CCNC(=O)NCC(O)Cc1ccccc1. The predicted molar refractivity (Wildman–Crippen MR) is 91.7 cm³/mol. The van der Waals surface area contributed by atoms with Gasteiger partial charge in [-0.3, -0.25) is 0 Å². The lowest BCUT2D eigenvalue weighted by molar-refractivity contribution is 0.170. The Labute approximate surface area is 142 Å². The summed E-state index contributed by atoms with van der Waals surface area (Å²) in [7, 11) is 0. The molecule has 0 bridgehead atoms. The van der Waals surface area contributed by atoms with Gasteiger partial charge in [0.25, 0.3) is 0 Å². The van der Waals surface area contributed by atoms with Crippen molar-refractivity contribution in [2.24, 2.45) is 0 Å². The minimum atomic E-state index is -0.609. The molecule has 3 N–H and O–H groups in total. The Bertz CT molecular complexity index is 627. The highest BCUT2D eigenvalue weighted by Crippen LogP contribution is 2.06. The number of aromatic nitrogens is 3. The maximum atomic E-state index is 11.8. The molecule has 130 valence electrons. The molecule has 1 unspecified atom stereocenters. The van der Waals surface area contributed by atoms with Crippen LogP contribution in [0.4, 0.5) is 4.79 Å². The van der Waals surface area contributed by atoms with Crippen molar-refractivity contribution in [1.82, 2.24) is 25.4 Å². The average Bonchev–Trinajstić information content (AvgIpc) is 3.03. The van der Waals surface area contributed by atoms with Gasteiger partial charge in [0.05, 0.1) is 6.10 Å². The van der Waals surface area contributed by atoms with E-state index in [1.807, 2.05) is 34.9 Å². The molecule has 2 aromatic rings. The van der Waals surface area contributed by atoms with E-state index in [2.05, 4.69) is 34.7 Å². The van der Waals surface area contributed by atoms with Crippen molar-refractivity contribution < 1.29 is 9.90 Å². The van der Waals surface area contributed by atoms with Gasteiger partial charge in [0, 0.05) is 32.0 Å². The fourth-order valence-electron chi connectivity index (χ4n) is 2.40. The third-order valence-corrected chi connectivity index (χ3v) is 3.65. The first-order chi connectivity index (χ1) is 11.6. The van der Waals surface area contributed by atoms with Crippen molar-refractivity contribution in [1.29, 1.82) is 0 Å². The Balaban J connectivity index is 1.65. The highest BCUT2D eigenvalue weighted by molar-refractivity contribution is 5.73. The third kappa shape index (κ3) is 5.66. The van der Waals surface area contributed by atoms with Gasteiger partial charge in [-0.25, -0.2) is 4.79 Å². The zero-order valence-electron chi connectivity index (χ0n) is 14.1. The van der Waals surface area contributed by atoms with Crippen molar-refractivity contribution in [2.45, 2.75) is 38.8 Å². The van der Waals surface area contributed by atoms with Crippen LogP contribution in [0.1, 0.15) is 31.3 Å². The minimum Gasteiger partial charge on any atom is -0.391 e. The Morgan fingerprint density at radius 2 is 2.00 bits per heavy atom. The van der Waals surface area contributed by atoms with Crippen LogP contribution < -0.4 is 10.6 Å². The number of aliphatic hydroxyl groups excluding tert-OH is 1. The van der Waals surface area contributed by atoms with Crippen LogP contribution in [0.15, 0.2) is 36.7 Å². The molecule has 2 rings (SSSR count). The topological polar surface area (TPSA) is 92.1 Å². The second kappa shape index (κ2) is 9.02. The molecule has 0 aliphatic rings. The molecule has 1 aromatic heterocycles. The molecule has 0 saturated heterocycles. The van der Waals surface area contributed by atoms with Gasteiger partial charge in [-0.05, 0) is 19.4 Å². The summed E-state index contributed by atoms with van der Waals surface area (Å²) in [5, 5.41) is 23.4. The fourth-order valence-corrected chi connectivity index (χ4v) is 2.40. The monoisotopic (exact) mass is 331 g/mol. The summed E-state index contributed by atoms with van der Waals surface area (Å²) in [5.74, 6) is 0.842. The Kier molecular flexibility index (Phi) is 6.74. The second-order valence-electron chi connectivity index (χ2n) is 5.98. The molecule has 0 aliphatic carbocycles. The average molecular weight is 331 g/mol. The number of hydrogen-bond acceptors (Lipinski definition) is 4. The van der Waals surface area contributed by atoms with Crippen LogP contribution in [-0.2, 0) is 12.8 Å². The highest BCUT2D eigenvalue weighted by atomic mass is 16.3. The molecule has 24 heavy (non-hydrogen) atoms. The molecular formula is C17H25N5O2. The number of benzene rings is 1. The smallest absolute Gasteiger partial charge is 0.314 e. The summed E-state index contributed by atoms with van der Waals surface area (Å²) < 4.78 is 1.98. The van der Waals surface area contributed by atoms with Crippen molar-refractivity contribution in [3.63, 3.8) is 0 Å². The molecule has 7 heteroatoms. The largest absolute Gasteiger partial charge is 0.391 e. The number of amides is 2. The number of aliphatic hydroxyl groups is 1. The molecule has 2 amide bonds. The fraction of sp³-hybridized carbons (Fsp3) is 0.471.